The van der Waals surface area contributed by atoms with Crippen molar-refractivity contribution >= 4 is 17.3 Å². The van der Waals surface area contributed by atoms with Gasteiger partial charge in [0.1, 0.15) is 11.0 Å². The first-order chi connectivity index (χ1) is 8.66. The molecule has 2 N–H and O–H groups in total. The summed E-state index contributed by atoms with van der Waals surface area (Å²) >= 11 is 1.50. The third-order valence-corrected chi connectivity index (χ3v) is 3.31. The summed E-state index contributed by atoms with van der Waals surface area (Å²) in [5.41, 5.74) is 1.66. The molecule has 0 saturated heterocycles. The van der Waals surface area contributed by atoms with E-state index in [1.165, 1.54) is 11.3 Å². The summed E-state index contributed by atoms with van der Waals surface area (Å²) in [7, 11) is 0. The number of carbonyl (C=O) groups is 1. The topological polar surface area (TPSA) is 75.1 Å². The van der Waals surface area contributed by atoms with E-state index in [4.69, 9.17) is 5.11 Å². The van der Waals surface area contributed by atoms with Gasteiger partial charge in [-0.2, -0.15) is 0 Å². The second-order valence-corrected chi connectivity index (χ2v) is 4.66. The molecule has 5 nitrogen and oxygen atoms in total. The zero-order valence-corrected chi connectivity index (χ0v) is 10.6. The fraction of sp³-hybridized carbons (Fsp3) is 0.250. The summed E-state index contributed by atoms with van der Waals surface area (Å²) in [5.74, 6) is -0.866. The van der Waals surface area contributed by atoms with Crippen molar-refractivity contribution in [3.63, 3.8) is 0 Å². The van der Waals surface area contributed by atoms with Crippen LogP contribution in [-0.4, -0.2) is 27.1 Å². The van der Waals surface area contributed by atoms with Gasteiger partial charge >= 0.3 is 5.97 Å². The Morgan fingerprint density at radius 2 is 2.39 bits per heavy atom. The number of thiazole rings is 1. The number of nitrogens with one attached hydrogen (secondary N) is 1. The van der Waals surface area contributed by atoms with Crippen molar-refractivity contribution in [3.8, 4) is 10.7 Å². The van der Waals surface area contributed by atoms with Crippen LogP contribution in [0.5, 0.6) is 0 Å². The van der Waals surface area contributed by atoms with Crippen LogP contribution in [-0.2, 0) is 11.3 Å². The molecule has 0 aliphatic rings. The van der Waals surface area contributed by atoms with Gasteiger partial charge < -0.3 is 5.11 Å². The summed E-state index contributed by atoms with van der Waals surface area (Å²) in [6, 6.07) is 5.09. The standard InChI is InChI=1S/C12H13N3O2S/c1-8(12(16)17)14-6-9-7-18-11(15-9)10-4-2-3-5-13-10/h2-5,7-8,14H,6H2,1H3,(H,16,17)/t8-/m0/s1. The molecule has 0 spiro atoms. The van der Waals surface area contributed by atoms with E-state index >= 15 is 0 Å². The normalized spacial score (nSPS) is 12.3. The average molecular weight is 263 g/mol. The van der Waals surface area contributed by atoms with Gasteiger partial charge in [-0.05, 0) is 19.1 Å². The zero-order chi connectivity index (χ0) is 13.0. The van der Waals surface area contributed by atoms with Gasteiger partial charge in [0.2, 0.25) is 0 Å². The molecule has 2 aromatic heterocycles. The summed E-state index contributed by atoms with van der Waals surface area (Å²) < 4.78 is 0. The second-order valence-electron chi connectivity index (χ2n) is 3.80. The smallest absolute Gasteiger partial charge is 0.320 e. The van der Waals surface area contributed by atoms with Gasteiger partial charge in [-0.3, -0.25) is 15.1 Å². The van der Waals surface area contributed by atoms with Crippen LogP contribution in [0.4, 0.5) is 0 Å². The molecule has 0 unspecified atom stereocenters. The average Bonchev–Trinajstić information content (AvgIpc) is 2.85. The predicted molar refractivity (Wildman–Crippen MR) is 69.3 cm³/mol. The van der Waals surface area contributed by atoms with Crippen molar-refractivity contribution in [2.75, 3.05) is 0 Å². The van der Waals surface area contributed by atoms with Crippen molar-refractivity contribution < 1.29 is 9.90 Å². The quantitative estimate of drug-likeness (QED) is 0.860. The minimum Gasteiger partial charge on any atom is -0.480 e. The molecule has 0 fully saturated rings. The molecule has 0 aromatic carbocycles. The number of carboxylic acid groups (broad SMARTS) is 1. The van der Waals surface area contributed by atoms with E-state index in [2.05, 4.69) is 15.3 Å². The molecule has 18 heavy (non-hydrogen) atoms. The Bertz CT molecular complexity index is 527. The molecule has 0 radical (unpaired) electrons. The molecule has 94 valence electrons. The minimum absolute atomic E-state index is 0.441. The number of aliphatic carboxylic acids is 1. The maximum Gasteiger partial charge on any atom is 0.320 e. The highest BCUT2D eigenvalue weighted by molar-refractivity contribution is 7.13. The van der Waals surface area contributed by atoms with Crippen LogP contribution in [0.2, 0.25) is 0 Å². The number of hydrogen-bond acceptors (Lipinski definition) is 5. The lowest BCUT2D eigenvalue weighted by molar-refractivity contribution is -0.139. The number of aromatic nitrogens is 2. The van der Waals surface area contributed by atoms with Crippen molar-refractivity contribution in [3.05, 3.63) is 35.5 Å². The van der Waals surface area contributed by atoms with Crippen molar-refractivity contribution in [1.82, 2.24) is 15.3 Å². The zero-order valence-electron chi connectivity index (χ0n) is 9.83. The lowest BCUT2D eigenvalue weighted by atomic mass is 10.3. The van der Waals surface area contributed by atoms with Crippen LogP contribution in [0.3, 0.4) is 0 Å². The summed E-state index contributed by atoms with van der Waals surface area (Å²) in [4.78, 5) is 19.3. The van der Waals surface area contributed by atoms with Crippen molar-refractivity contribution in [1.29, 1.82) is 0 Å². The van der Waals surface area contributed by atoms with Gasteiger partial charge in [0.15, 0.2) is 0 Å². The molecule has 0 aliphatic heterocycles. The molecule has 0 bridgehead atoms. The fourth-order valence-electron chi connectivity index (χ4n) is 1.34. The highest BCUT2D eigenvalue weighted by atomic mass is 32.1. The lowest BCUT2D eigenvalue weighted by Gasteiger charge is -2.06. The SMILES string of the molecule is C[C@H](NCc1csc(-c2ccccn2)n1)C(=O)O. The lowest BCUT2D eigenvalue weighted by Crippen LogP contribution is -2.33. The number of rotatable bonds is 5. The molecule has 0 saturated carbocycles. The summed E-state index contributed by atoms with van der Waals surface area (Å²) in [6.45, 7) is 2.05. The maximum atomic E-state index is 10.7. The van der Waals surface area contributed by atoms with Crippen LogP contribution in [0.1, 0.15) is 12.6 Å². The van der Waals surface area contributed by atoms with Gasteiger partial charge in [0.05, 0.1) is 11.4 Å². The Labute approximate surface area is 109 Å². The minimum atomic E-state index is -0.866. The Kier molecular flexibility index (Phi) is 4.01. The van der Waals surface area contributed by atoms with Crippen molar-refractivity contribution in [2.24, 2.45) is 0 Å². The highest BCUT2D eigenvalue weighted by Gasteiger charge is 2.11. The second kappa shape index (κ2) is 5.70. The van der Waals surface area contributed by atoms with Crippen molar-refractivity contribution in [2.45, 2.75) is 19.5 Å². The molecule has 2 heterocycles. The van der Waals surface area contributed by atoms with Gasteiger partial charge in [-0.25, -0.2) is 4.98 Å². The molecule has 2 rings (SSSR count). The van der Waals surface area contributed by atoms with E-state index in [-0.39, 0.29) is 0 Å². The molecule has 0 aliphatic carbocycles. The van der Waals surface area contributed by atoms with Gasteiger partial charge in [0, 0.05) is 18.1 Å². The largest absolute Gasteiger partial charge is 0.480 e. The Morgan fingerprint density at radius 3 is 3.06 bits per heavy atom. The van der Waals surface area contributed by atoms with Crippen LogP contribution >= 0.6 is 11.3 Å². The fourth-order valence-corrected chi connectivity index (χ4v) is 2.14. The highest BCUT2D eigenvalue weighted by Crippen LogP contribution is 2.21. The van der Waals surface area contributed by atoms with E-state index in [9.17, 15) is 4.79 Å². The monoisotopic (exact) mass is 263 g/mol. The van der Waals surface area contributed by atoms with Crippen LogP contribution in [0.25, 0.3) is 10.7 Å². The molecule has 6 heteroatoms. The van der Waals surface area contributed by atoms with E-state index < -0.39 is 12.0 Å². The van der Waals surface area contributed by atoms with E-state index in [0.717, 1.165) is 16.4 Å². The third-order valence-electron chi connectivity index (χ3n) is 2.40. The first kappa shape index (κ1) is 12.7. The van der Waals surface area contributed by atoms with E-state index in [1.54, 1.807) is 13.1 Å². The van der Waals surface area contributed by atoms with Gasteiger partial charge in [-0.15, -0.1) is 11.3 Å². The van der Waals surface area contributed by atoms with Crippen LogP contribution in [0, 0.1) is 0 Å². The summed E-state index contributed by atoms with van der Waals surface area (Å²) in [5, 5.41) is 14.4. The first-order valence-electron chi connectivity index (χ1n) is 5.49. The third kappa shape index (κ3) is 3.12. The van der Waals surface area contributed by atoms with Crippen LogP contribution in [0.15, 0.2) is 29.8 Å². The number of carboxylic acids is 1. The summed E-state index contributed by atoms with van der Waals surface area (Å²) in [6.07, 6.45) is 1.72. The number of pyridine rings is 1. The number of nitrogens with zero attached hydrogens (tertiary/aromatic N) is 2. The molecular weight excluding hydrogens is 250 g/mol. The van der Waals surface area contributed by atoms with E-state index in [0.29, 0.717) is 6.54 Å². The Balaban J connectivity index is 2.01. The molecule has 1 atom stereocenters. The Morgan fingerprint density at radius 1 is 1.56 bits per heavy atom. The predicted octanol–water partition coefficient (Wildman–Crippen LogP) is 1.77. The maximum absolute atomic E-state index is 10.7. The van der Waals surface area contributed by atoms with Gasteiger partial charge in [0.25, 0.3) is 0 Å². The first-order valence-corrected chi connectivity index (χ1v) is 6.37. The molecule has 2 aromatic rings. The molecular formula is C12H13N3O2S. The van der Waals surface area contributed by atoms with Gasteiger partial charge in [-0.1, -0.05) is 6.07 Å². The van der Waals surface area contributed by atoms with Crippen LogP contribution < -0.4 is 5.32 Å². The Hall–Kier alpha value is -1.79. The van der Waals surface area contributed by atoms with E-state index in [1.807, 2.05) is 23.6 Å². The number of hydrogen-bond donors (Lipinski definition) is 2. The molecule has 0 amide bonds.